The van der Waals surface area contributed by atoms with Gasteiger partial charge in [0.1, 0.15) is 0 Å². The molecule has 1 fully saturated rings. The van der Waals surface area contributed by atoms with E-state index >= 15 is 0 Å². The summed E-state index contributed by atoms with van der Waals surface area (Å²) < 4.78 is 0. The van der Waals surface area contributed by atoms with Crippen LogP contribution >= 0.6 is 0 Å². The van der Waals surface area contributed by atoms with Crippen LogP contribution in [0.15, 0.2) is 24.3 Å². The molecular formula is C14H19NO. The topological polar surface area (TPSA) is 20.3 Å². The van der Waals surface area contributed by atoms with Crippen molar-refractivity contribution in [2.24, 2.45) is 5.92 Å². The smallest absolute Gasteiger partial charge is 0.161 e. The van der Waals surface area contributed by atoms with Gasteiger partial charge in [0.25, 0.3) is 0 Å². The SMILES string of the molecule is CC(=O)c1ccccc1N1CC(C)CC1C. The Kier molecular flexibility index (Phi) is 2.99. The van der Waals surface area contributed by atoms with Crippen molar-refractivity contribution < 1.29 is 4.79 Å². The highest BCUT2D eigenvalue weighted by molar-refractivity contribution is 5.99. The number of ketones is 1. The van der Waals surface area contributed by atoms with Gasteiger partial charge in [0.05, 0.1) is 0 Å². The first-order chi connectivity index (χ1) is 7.59. The van der Waals surface area contributed by atoms with Crippen LogP contribution in [0.2, 0.25) is 0 Å². The van der Waals surface area contributed by atoms with E-state index in [4.69, 9.17) is 0 Å². The molecule has 1 aromatic carbocycles. The Morgan fingerprint density at radius 2 is 2.00 bits per heavy atom. The summed E-state index contributed by atoms with van der Waals surface area (Å²) in [5, 5.41) is 0. The summed E-state index contributed by atoms with van der Waals surface area (Å²) in [6.45, 7) is 7.21. The Balaban J connectivity index is 2.36. The van der Waals surface area contributed by atoms with Crippen molar-refractivity contribution in [3.63, 3.8) is 0 Å². The predicted molar refractivity (Wildman–Crippen MR) is 67.0 cm³/mol. The minimum atomic E-state index is 0.155. The quantitative estimate of drug-likeness (QED) is 0.709. The molecule has 1 aromatic rings. The van der Waals surface area contributed by atoms with Gasteiger partial charge in [-0.25, -0.2) is 0 Å². The normalized spacial score (nSPS) is 24.8. The molecule has 1 heterocycles. The molecule has 2 nitrogen and oxygen atoms in total. The van der Waals surface area contributed by atoms with E-state index in [1.165, 1.54) is 6.42 Å². The summed E-state index contributed by atoms with van der Waals surface area (Å²) in [5.74, 6) is 0.873. The van der Waals surface area contributed by atoms with E-state index in [2.05, 4.69) is 24.8 Å². The lowest BCUT2D eigenvalue weighted by Gasteiger charge is -2.25. The first kappa shape index (κ1) is 11.2. The lowest BCUT2D eigenvalue weighted by Crippen LogP contribution is -2.28. The average Bonchev–Trinajstić information content (AvgIpc) is 2.57. The molecule has 1 aliphatic rings. The lowest BCUT2D eigenvalue weighted by atomic mass is 10.1. The number of nitrogens with zero attached hydrogens (tertiary/aromatic N) is 1. The molecular weight excluding hydrogens is 198 g/mol. The van der Waals surface area contributed by atoms with Crippen molar-refractivity contribution >= 4 is 11.5 Å². The van der Waals surface area contributed by atoms with E-state index in [-0.39, 0.29) is 5.78 Å². The molecule has 0 aromatic heterocycles. The van der Waals surface area contributed by atoms with Crippen molar-refractivity contribution in [2.45, 2.75) is 33.2 Å². The van der Waals surface area contributed by atoms with E-state index in [9.17, 15) is 4.79 Å². The van der Waals surface area contributed by atoms with Gasteiger partial charge in [-0.2, -0.15) is 0 Å². The third-order valence-electron chi connectivity index (χ3n) is 3.38. The third-order valence-corrected chi connectivity index (χ3v) is 3.38. The maximum Gasteiger partial charge on any atom is 0.161 e. The van der Waals surface area contributed by atoms with Crippen LogP contribution in [0.1, 0.15) is 37.6 Å². The summed E-state index contributed by atoms with van der Waals surface area (Å²) >= 11 is 0. The summed E-state index contributed by atoms with van der Waals surface area (Å²) in [6, 6.07) is 8.47. The highest BCUT2D eigenvalue weighted by Gasteiger charge is 2.27. The fraction of sp³-hybridized carbons (Fsp3) is 0.500. The highest BCUT2D eigenvalue weighted by atomic mass is 16.1. The Bertz CT molecular complexity index is 399. The minimum absolute atomic E-state index is 0.155. The first-order valence-electron chi connectivity index (χ1n) is 5.96. The van der Waals surface area contributed by atoms with E-state index < -0.39 is 0 Å². The van der Waals surface area contributed by atoms with Crippen molar-refractivity contribution in [2.75, 3.05) is 11.4 Å². The number of rotatable bonds is 2. The molecule has 0 amide bonds. The van der Waals surface area contributed by atoms with Gasteiger partial charge < -0.3 is 4.90 Å². The van der Waals surface area contributed by atoms with E-state index in [0.29, 0.717) is 6.04 Å². The highest BCUT2D eigenvalue weighted by Crippen LogP contribution is 2.31. The number of Topliss-reactive ketones (excluding diaryl/α,β-unsaturated/α-hetero) is 1. The molecule has 0 aliphatic carbocycles. The molecule has 1 aliphatic heterocycles. The monoisotopic (exact) mass is 217 g/mol. The van der Waals surface area contributed by atoms with Gasteiger partial charge >= 0.3 is 0 Å². The molecule has 2 heteroatoms. The fourth-order valence-electron chi connectivity index (χ4n) is 2.66. The molecule has 0 radical (unpaired) electrons. The van der Waals surface area contributed by atoms with Gasteiger partial charge in [-0.05, 0) is 38.3 Å². The number of carbonyl (C=O) groups is 1. The van der Waals surface area contributed by atoms with Crippen molar-refractivity contribution in [1.29, 1.82) is 0 Å². The summed E-state index contributed by atoms with van der Waals surface area (Å²) in [5.41, 5.74) is 1.95. The molecule has 16 heavy (non-hydrogen) atoms. The van der Waals surface area contributed by atoms with Crippen LogP contribution in [0.4, 0.5) is 5.69 Å². The number of benzene rings is 1. The number of hydrogen-bond acceptors (Lipinski definition) is 2. The molecule has 2 atom stereocenters. The molecule has 0 spiro atoms. The molecule has 2 rings (SSSR count). The first-order valence-corrected chi connectivity index (χ1v) is 5.96. The van der Waals surface area contributed by atoms with E-state index in [1.807, 2.05) is 18.2 Å². The number of anilines is 1. The summed E-state index contributed by atoms with van der Waals surface area (Å²) in [6.07, 6.45) is 1.21. The van der Waals surface area contributed by atoms with Gasteiger partial charge in [-0.3, -0.25) is 4.79 Å². The number of hydrogen-bond donors (Lipinski definition) is 0. The van der Waals surface area contributed by atoms with E-state index in [1.54, 1.807) is 6.92 Å². The maximum atomic E-state index is 11.6. The van der Waals surface area contributed by atoms with Crippen LogP contribution in [-0.2, 0) is 0 Å². The predicted octanol–water partition coefficient (Wildman–Crippen LogP) is 3.12. The van der Waals surface area contributed by atoms with Crippen molar-refractivity contribution in [3.05, 3.63) is 29.8 Å². The maximum absolute atomic E-state index is 11.6. The largest absolute Gasteiger partial charge is 0.368 e. The molecule has 0 bridgehead atoms. The molecule has 1 saturated heterocycles. The lowest BCUT2D eigenvalue weighted by molar-refractivity contribution is 0.101. The zero-order valence-corrected chi connectivity index (χ0v) is 10.2. The van der Waals surface area contributed by atoms with Gasteiger partial charge in [0, 0.05) is 23.8 Å². The van der Waals surface area contributed by atoms with Crippen LogP contribution in [0, 0.1) is 5.92 Å². The van der Waals surface area contributed by atoms with Crippen LogP contribution < -0.4 is 4.90 Å². The Hall–Kier alpha value is -1.31. The van der Waals surface area contributed by atoms with Crippen molar-refractivity contribution in [3.8, 4) is 0 Å². The molecule has 2 unspecified atom stereocenters. The van der Waals surface area contributed by atoms with Crippen molar-refractivity contribution in [1.82, 2.24) is 0 Å². The van der Waals surface area contributed by atoms with Gasteiger partial charge in [0.2, 0.25) is 0 Å². The molecule has 86 valence electrons. The zero-order valence-electron chi connectivity index (χ0n) is 10.2. The Morgan fingerprint density at radius 3 is 2.56 bits per heavy atom. The standard InChI is InChI=1S/C14H19NO/c1-10-8-11(2)15(9-10)14-7-5-4-6-13(14)12(3)16/h4-7,10-11H,8-9H2,1-3H3. The van der Waals surface area contributed by atoms with Gasteiger partial charge in [-0.1, -0.05) is 19.1 Å². The summed E-state index contributed by atoms with van der Waals surface area (Å²) in [7, 11) is 0. The van der Waals surface area contributed by atoms with E-state index in [0.717, 1.165) is 23.7 Å². The number of carbonyl (C=O) groups excluding carboxylic acids is 1. The zero-order chi connectivity index (χ0) is 11.7. The van der Waals surface area contributed by atoms with Crippen LogP contribution in [0.5, 0.6) is 0 Å². The molecule has 0 N–H and O–H groups in total. The summed E-state index contributed by atoms with van der Waals surface area (Å²) in [4.78, 5) is 13.9. The second-order valence-electron chi connectivity index (χ2n) is 4.92. The van der Waals surface area contributed by atoms with Gasteiger partial charge in [0.15, 0.2) is 5.78 Å². The van der Waals surface area contributed by atoms with Crippen LogP contribution in [-0.4, -0.2) is 18.4 Å². The third kappa shape index (κ3) is 1.97. The molecule has 0 saturated carbocycles. The Morgan fingerprint density at radius 1 is 1.31 bits per heavy atom. The van der Waals surface area contributed by atoms with Crippen LogP contribution in [0.3, 0.4) is 0 Å². The fourth-order valence-corrected chi connectivity index (χ4v) is 2.66. The number of para-hydroxylation sites is 1. The van der Waals surface area contributed by atoms with Crippen LogP contribution in [0.25, 0.3) is 0 Å². The second-order valence-corrected chi connectivity index (χ2v) is 4.92. The Labute approximate surface area is 97.3 Å². The second kappa shape index (κ2) is 4.28. The average molecular weight is 217 g/mol. The van der Waals surface area contributed by atoms with Gasteiger partial charge in [-0.15, -0.1) is 0 Å². The minimum Gasteiger partial charge on any atom is -0.368 e.